The van der Waals surface area contributed by atoms with Crippen LogP contribution in [-0.2, 0) is 4.79 Å². The number of aromatic nitrogens is 3. The lowest BCUT2D eigenvalue weighted by molar-refractivity contribution is -0.115. The number of benzene rings is 2. The highest BCUT2D eigenvalue weighted by atomic mass is 35.5. The van der Waals surface area contributed by atoms with Gasteiger partial charge in [0.1, 0.15) is 11.6 Å². The molecule has 0 radical (unpaired) electrons. The maximum Gasteiger partial charge on any atom is 0.237 e. The van der Waals surface area contributed by atoms with Gasteiger partial charge in [0.25, 0.3) is 0 Å². The predicted octanol–water partition coefficient (Wildman–Crippen LogP) is 4.52. The average Bonchev–Trinajstić information content (AvgIpc) is 3.06. The Balaban J connectivity index is 1.67. The van der Waals surface area contributed by atoms with E-state index in [1.54, 1.807) is 25.1 Å². The van der Waals surface area contributed by atoms with E-state index in [-0.39, 0.29) is 27.3 Å². The summed E-state index contributed by atoms with van der Waals surface area (Å²) in [6.45, 7) is 1.63. The Morgan fingerprint density at radius 3 is 2.73 bits per heavy atom. The highest BCUT2D eigenvalue weighted by Crippen LogP contribution is 2.25. The molecule has 0 saturated heterocycles. The van der Waals surface area contributed by atoms with Crippen LogP contribution >= 0.6 is 23.4 Å². The number of H-pyrrole nitrogens is 1. The van der Waals surface area contributed by atoms with Crippen molar-refractivity contribution in [1.82, 2.24) is 15.2 Å². The van der Waals surface area contributed by atoms with Gasteiger partial charge in [0.05, 0.1) is 16.5 Å². The van der Waals surface area contributed by atoms with Crippen molar-refractivity contribution >= 4 is 35.0 Å². The van der Waals surface area contributed by atoms with Gasteiger partial charge in [-0.15, -0.1) is 5.10 Å². The summed E-state index contributed by atoms with van der Waals surface area (Å²) in [6.07, 6.45) is 0. The van der Waals surface area contributed by atoms with E-state index < -0.39 is 22.8 Å². The highest BCUT2D eigenvalue weighted by Gasteiger charge is 2.19. The molecule has 1 amide bonds. The molecule has 0 spiro atoms. The molecule has 1 aromatic heterocycles. The maximum absolute atomic E-state index is 13.8. The van der Waals surface area contributed by atoms with Crippen LogP contribution < -0.4 is 5.32 Å². The van der Waals surface area contributed by atoms with E-state index in [1.165, 1.54) is 18.2 Å². The Hall–Kier alpha value is -2.45. The number of hydrogen-bond donors (Lipinski definition) is 2. The summed E-state index contributed by atoms with van der Waals surface area (Å²) in [7, 11) is 0. The van der Waals surface area contributed by atoms with E-state index in [4.69, 9.17) is 11.6 Å². The van der Waals surface area contributed by atoms with Crippen LogP contribution in [0.1, 0.15) is 6.92 Å². The average molecular weight is 395 g/mol. The lowest BCUT2D eigenvalue weighted by atomic mass is 10.2. The zero-order valence-corrected chi connectivity index (χ0v) is 15.0. The van der Waals surface area contributed by atoms with Gasteiger partial charge in [0.15, 0.2) is 5.82 Å². The Kier molecular flexibility index (Phi) is 5.53. The molecule has 0 fully saturated rings. The van der Waals surface area contributed by atoms with Crippen LogP contribution in [0.5, 0.6) is 0 Å². The number of nitrogens with one attached hydrogen (secondary N) is 2. The summed E-state index contributed by atoms with van der Waals surface area (Å²) >= 11 is 6.75. The second-order valence-electron chi connectivity index (χ2n) is 5.32. The van der Waals surface area contributed by atoms with Gasteiger partial charge < -0.3 is 5.32 Å². The second kappa shape index (κ2) is 7.84. The normalized spacial score (nSPS) is 12.0. The minimum atomic E-state index is -0.622. The summed E-state index contributed by atoms with van der Waals surface area (Å²) < 4.78 is 27.5. The van der Waals surface area contributed by atoms with E-state index in [0.717, 1.165) is 17.8 Å². The zero-order valence-electron chi connectivity index (χ0n) is 13.5. The van der Waals surface area contributed by atoms with Crippen LogP contribution in [0.15, 0.2) is 47.6 Å². The van der Waals surface area contributed by atoms with Crippen LogP contribution in [0.2, 0.25) is 5.02 Å². The number of aromatic amines is 1. The molecule has 5 nitrogen and oxygen atoms in total. The number of carbonyl (C=O) groups is 1. The lowest BCUT2D eigenvalue weighted by Gasteiger charge is -2.10. The van der Waals surface area contributed by atoms with Gasteiger partial charge in [-0.1, -0.05) is 35.5 Å². The standard InChI is InChI=1S/C17H13ClF2N4OS/c1-9(16(25)21-14-7-6-10(18)8-13(14)20)26-17-22-15(23-24-17)11-4-2-3-5-12(11)19/h2-9H,1H3,(H,21,25)(H,22,23,24)/t9-/m1/s1. The first-order valence-electron chi connectivity index (χ1n) is 7.54. The summed E-state index contributed by atoms with van der Waals surface area (Å²) in [4.78, 5) is 16.4. The molecule has 9 heteroatoms. The lowest BCUT2D eigenvalue weighted by Crippen LogP contribution is -2.23. The topological polar surface area (TPSA) is 70.7 Å². The number of hydrogen-bond acceptors (Lipinski definition) is 4. The minimum absolute atomic E-state index is 0.0360. The highest BCUT2D eigenvalue weighted by molar-refractivity contribution is 8.00. The van der Waals surface area contributed by atoms with Gasteiger partial charge in [-0.2, -0.15) is 0 Å². The first-order valence-corrected chi connectivity index (χ1v) is 8.79. The Morgan fingerprint density at radius 2 is 2.00 bits per heavy atom. The number of rotatable bonds is 5. The number of carbonyl (C=O) groups excluding carboxylic acids is 1. The van der Waals surface area contributed by atoms with Gasteiger partial charge in [-0.05, 0) is 37.3 Å². The van der Waals surface area contributed by atoms with Crippen LogP contribution in [0.4, 0.5) is 14.5 Å². The fraction of sp³-hybridized carbons (Fsp3) is 0.118. The van der Waals surface area contributed by atoms with Gasteiger partial charge in [0.2, 0.25) is 11.1 Å². The summed E-state index contributed by atoms with van der Waals surface area (Å²) in [6, 6.07) is 10.1. The summed E-state index contributed by atoms with van der Waals surface area (Å²) in [5.74, 6) is -1.21. The monoisotopic (exact) mass is 394 g/mol. The van der Waals surface area contributed by atoms with E-state index in [0.29, 0.717) is 0 Å². The number of nitrogens with zero attached hydrogens (tertiary/aromatic N) is 2. The molecule has 0 bridgehead atoms. The Labute approximate surface area is 157 Å². The summed E-state index contributed by atoms with van der Waals surface area (Å²) in [5, 5.41) is 9.03. The Morgan fingerprint density at radius 1 is 1.23 bits per heavy atom. The van der Waals surface area contributed by atoms with E-state index in [9.17, 15) is 13.6 Å². The summed E-state index contributed by atoms with van der Waals surface area (Å²) in [5.41, 5.74) is 0.320. The van der Waals surface area contributed by atoms with Crippen LogP contribution in [0, 0.1) is 11.6 Å². The molecule has 3 rings (SSSR count). The van der Waals surface area contributed by atoms with E-state index >= 15 is 0 Å². The quantitative estimate of drug-likeness (QED) is 0.624. The predicted molar refractivity (Wildman–Crippen MR) is 97.1 cm³/mol. The van der Waals surface area contributed by atoms with Crippen molar-refractivity contribution in [2.24, 2.45) is 0 Å². The number of amides is 1. The van der Waals surface area contributed by atoms with Gasteiger partial charge in [-0.25, -0.2) is 13.8 Å². The molecule has 3 aromatic rings. The molecule has 0 aliphatic heterocycles. The van der Waals surface area contributed by atoms with Gasteiger partial charge in [0, 0.05) is 5.02 Å². The molecule has 0 saturated carbocycles. The molecule has 0 aliphatic rings. The van der Waals surface area contributed by atoms with Crippen molar-refractivity contribution in [3.63, 3.8) is 0 Å². The largest absolute Gasteiger partial charge is 0.323 e. The van der Waals surface area contributed by atoms with Crippen LogP contribution in [-0.4, -0.2) is 26.3 Å². The molecule has 1 heterocycles. The molecule has 134 valence electrons. The molecule has 0 aliphatic carbocycles. The van der Waals surface area contributed by atoms with Crippen molar-refractivity contribution in [2.45, 2.75) is 17.3 Å². The van der Waals surface area contributed by atoms with Crippen molar-refractivity contribution in [2.75, 3.05) is 5.32 Å². The molecule has 2 aromatic carbocycles. The molecule has 0 unspecified atom stereocenters. The molecular formula is C17H13ClF2N4OS. The van der Waals surface area contributed by atoms with Crippen LogP contribution in [0.25, 0.3) is 11.4 Å². The number of halogens is 3. The number of anilines is 1. The van der Waals surface area contributed by atoms with Crippen molar-refractivity contribution < 1.29 is 13.6 Å². The fourth-order valence-electron chi connectivity index (χ4n) is 2.11. The SMILES string of the molecule is C[C@@H](Sc1n[nH]c(-c2ccccc2F)n1)C(=O)Nc1ccc(Cl)cc1F. The number of thioether (sulfide) groups is 1. The third kappa shape index (κ3) is 4.20. The third-order valence-corrected chi connectivity index (χ3v) is 4.63. The molecule has 2 N–H and O–H groups in total. The smallest absolute Gasteiger partial charge is 0.237 e. The zero-order chi connectivity index (χ0) is 18.7. The van der Waals surface area contributed by atoms with Crippen molar-refractivity contribution in [3.05, 3.63) is 59.1 Å². The molecule has 1 atom stereocenters. The minimum Gasteiger partial charge on any atom is -0.323 e. The van der Waals surface area contributed by atoms with Crippen molar-refractivity contribution in [1.29, 1.82) is 0 Å². The molecule has 26 heavy (non-hydrogen) atoms. The molecular weight excluding hydrogens is 382 g/mol. The first kappa shape index (κ1) is 18.3. The van der Waals surface area contributed by atoms with Crippen molar-refractivity contribution in [3.8, 4) is 11.4 Å². The van der Waals surface area contributed by atoms with Crippen LogP contribution in [0.3, 0.4) is 0 Å². The second-order valence-corrected chi connectivity index (χ2v) is 7.06. The van der Waals surface area contributed by atoms with Gasteiger partial charge >= 0.3 is 0 Å². The first-order chi connectivity index (χ1) is 12.4. The maximum atomic E-state index is 13.8. The third-order valence-electron chi connectivity index (χ3n) is 3.43. The van der Waals surface area contributed by atoms with E-state index in [2.05, 4.69) is 20.5 Å². The van der Waals surface area contributed by atoms with E-state index in [1.807, 2.05) is 0 Å². The Bertz CT molecular complexity index is 950. The van der Waals surface area contributed by atoms with Gasteiger partial charge in [-0.3, -0.25) is 9.89 Å². The fourth-order valence-corrected chi connectivity index (χ4v) is 2.99.